The molecule has 3 aromatic carbocycles. The van der Waals surface area contributed by atoms with Crippen molar-refractivity contribution in [1.29, 1.82) is 0 Å². The maximum absolute atomic E-state index is 12.1. The maximum atomic E-state index is 12.1. The van der Waals surface area contributed by atoms with Gasteiger partial charge in [0.05, 0.1) is 5.56 Å². The van der Waals surface area contributed by atoms with Crippen LogP contribution in [0.1, 0.15) is 15.9 Å². The zero-order valence-electron chi connectivity index (χ0n) is 13.0. The van der Waals surface area contributed by atoms with E-state index < -0.39 is 5.97 Å². The molecule has 3 aromatic rings. The van der Waals surface area contributed by atoms with Crippen LogP contribution < -0.4 is 15.2 Å². The van der Waals surface area contributed by atoms with E-state index >= 15 is 0 Å². The summed E-state index contributed by atoms with van der Waals surface area (Å²) in [7, 11) is 0. The van der Waals surface area contributed by atoms with Crippen LogP contribution in [0.25, 0.3) is 0 Å². The van der Waals surface area contributed by atoms with Gasteiger partial charge in [0.1, 0.15) is 17.2 Å². The molecule has 2 N–H and O–H groups in total. The van der Waals surface area contributed by atoms with Crippen LogP contribution in [0.2, 0.25) is 0 Å². The largest absolute Gasteiger partial charge is 0.457 e. The minimum absolute atomic E-state index is 0.407. The number of rotatable bonds is 5. The molecule has 0 fully saturated rings. The molecule has 0 radical (unpaired) electrons. The number of nitrogens with two attached hydrogens (primary N) is 1. The van der Waals surface area contributed by atoms with E-state index in [0.717, 1.165) is 11.3 Å². The van der Waals surface area contributed by atoms with E-state index in [0.29, 0.717) is 23.6 Å². The zero-order valence-corrected chi connectivity index (χ0v) is 13.0. The van der Waals surface area contributed by atoms with Crippen molar-refractivity contribution in [2.24, 2.45) is 5.73 Å². The van der Waals surface area contributed by atoms with Gasteiger partial charge in [-0.05, 0) is 54.1 Å². The Labute approximate surface area is 140 Å². The Morgan fingerprint density at radius 1 is 0.750 bits per heavy atom. The summed E-state index contributed by atoms with van der Waals surface area (Å²) in [5.74, 6) is 1.48. The number of hydrogen-bond acceptors (Lipinski definition) is 4. The first-order valence-corrected chi connectivity index (χ1v) is 7.59. The van der Waals surface area contributed by atoms with E-state index in [2.05, 4.69) is 0 Å². The van der Waals surface area contributed by atoms with Gasteiger partial charge in [0.25, 0.3) is 0 Å². The minimum atomic E-state index is -0.407. The normalized spacial score (nSPS) is 10.2. The van der Waals surface area contributed by atoms with Crippen LogP contribution >= 0.6 is 0 Å². The fourth-order valence-electron chi connectivity index (χ4n) is 2.14. The first-order chi connectivity index (χ1) is 11.7. The second kappa shape index (κ2) is 7.44. The number of carbonyl (C=O) groups excluding carboxylic acids is 1. The third kappa shape index (κ3) is 4.00. The van der Waals surface area contributed by atoms with Crippen LogP contribution in [0, 0.1) is 0 Å². The molecular weight excluding hydrogens is 302 g/mol. The molecule has 0 aliphatic carbocycles. The highest BCUT2D eigenvalue weighted by Crippen LogP contribution is 2.24. The lowest BCUT2D eigenvalue weighted by Crippen LogP contribution is -2.08. The first kappa shape index (κ1) is 15.8. The highest BCUT2D eigenvalue weighted by atomic mass is 16.5. The lowest BCUT2D eigenvalue weighted by atomic mass is 10.1. The monoisotopic (exact) mass is 319 g/mol. The number of ether oxygens (including phenoxy) is 2. The Morgan fingerprint density at radius 2 is 1.33 bits per heavy atom. The number of benzene rings is 3. The third-order valence-corrected chi connectivity index (χ3v) is 3.44. The molecule has 0 unspecified atom stereocenters. The summed E-state index contributed by atoms with van der Waals surface area (Å²) >= 11 is 0. The summed E-state index contributed by atoms with van der Waals surface area (Å²) in [6.45, 7) is 0.443. The number of esters is 1. The average Bonchev–Trinajstić information content (AvgIpc) is 2.64. The van der Waals surface area contributed by atoms with E-state index in [1.165, 1.54) is 0 Å². The van der Waals surface area contributed by atoms with Crippen molar-refractivity contribution >= 4 is 5.97 Å². The van der Waals surface area contributed by atoms with Crippen LogP contribution in [0.15, 0.2) is 78.9 Å². The first-order valence-electron chi connectivity index (χ1n) is 7.59. The van der Waals surface area contributed by atoms with Crippen molar-refractivity contribution in [2.75, 3.05) is 0 Å². The zero-order chi connectivity index (χ0) is 16.8. The highest BCUT2D eigenvalue weighted by molar-refractivity contribution is 5.91. The molecule has 0 heterocycles. The van der Waals surface area contributed by atoms with Crippen molar-refractivity contribution in [1.82, 2.24) is 0 Å². The van der Waals surface area contributed by atoms with Gasteiger partial charge >= 0.3 is 5.97 Å². The van der Waals surface area contributed by atoms with Gasteiger partial charge in [-0.15, -0.1) is 0 Å². The molecule has 4 nitrogen and oxygen atoms in total. The van der Waals surface area contributed by atoms with E-state index in [1.54, 1.807) is 36.4 Å². The van der Waals surface area contributed by atoms with Gasteiger partial charge in [0, 0.05) is 6.54 Å². The molecule has 0 bridgehead atoms. The summed E-state index contributed by atoms with van der Waals surface area (Å²) in [6, 6.07) is 23.4. The average molecular weight is 319 g/mol. The van der Waals surface area contributed by atoms with Gasteiger partial charge in [-0.2, -0.15) is 0 Å². The minimum Gasteiger partial charge on any atom is -0.457 e. The molecule has 0 amide bonds. The molecule has 24 heavy (non-hydrogen) atoms. The Bertz CT molecular complexity index is 797. The van der Waals surface area contributed by atoms with Crippen LogP contribution in [-0.4, -0.2) is 5.97 Å². The molecule has 0 atom stereocenters. The molecule has 0 aliphatic rings. The van der Waals surface area contributed by atoms with Crippen LogP contribution in [0.4, 0.5) is 0 Å². The van der Waals surface area contributed by atoms with Crippen LogP contribution in [-0.2, 0) is 6.54 Å². The van der Waals surface area contributed by atoms with Crippen molar-refractivity contribution in [3.8, 4) is 17.2 Å². The SMILES string of the molecule is NCc1ccc(C(=O)Oc2ccc(Oc3ccccc3)cc2)cc1. The Kier molecular flexibility index (Phi) is 4.89. The molecule has 0 aliphatic heterocycles. The van der Waals surface area contributed by atoms with E-state index in [1.807, 2.05) is 42.5 Å². The van der Waals surface area contributed by atoms with Crippen LogP contribution in [0.3, 0.4) is 0 Å². The van der Waals surface area contributed by atoms with Crippen molar-refractivity contribution in [3.05, 3.63) is 90.0 Å². The van der Waals surface area contributed by atoms with Gasteiger partial charge < -0.3 is 15.2 Å². The fraction of sp³-hybridized carbons (Fsp3) is 0.0500. The summed E-state index contributed by atoms with van der Waals surface area (Å²) in [5, 5.41) is 0. The predicted molar refractivity (Wildman–Crippen MR) is 92.2 cm³/mol. The molecule has 0 saturated heterocycles. The second-order valence-electron chi connectivity index (χ2n) is 5.18. The summed E-state index contributed by atoms with van der Waals surface area (Å²) in [4.78, 5) is 12.1. The molecule has 0 aromatic heterocycles. The quantitative estimate of drug-likeness (QED) is 0.567. The van der Waals surface area contributed by atoms with Gasteiger partial charge in [-0.1, -0.05) is 30.3 Å². The van der Waals surface area contributed by atoms with E-state index in [9.17, 15) is 4.79 Å². The fourth-order valence-corrected chi connectivity index (χ4v) is 2.14. The molecule has 120 valence electrons. The summed E-state index contributed by atoms with van der Waals surface area (Å²) in [5.41, 5.74) is 6.99. The molecule has 0 saturated carbocycles. The van der Waals surface area contributed by atoms with Gasteiger partial charge in [0.2, 0.25) is 0 Å². The number of carbonyl (C=O) groups is 1. The Morgan fingerprint density at radius 3 is 1.96 bits per heavy atom. The maximum Gasteiger partial charge on any atom is 0.343 e. The molecular formula is C20H17NO3. The lowest BCUT2D eigenvalue weighted by Gasteiger charge is -2.08. The molecule has 4 heteroatoms. The van der Waals surface area contributed by atoms with Gasteiger partial charge in [0.15, 0.2) is 0 Å². The van der Waals surface area contributed by atoms with E-state index in [4.69, 9.17) is 15.2 Å². The van der Waals surface area contributed by atoms with Crippen molar-refractivity contribution < 1.29 is 14.3 Å². The van der Waals surface area contributed by atoms with Crippen molar-refractivity contribution in [3.63, 3.8) is 0 Å². The lowest BCUT2D eigenvalue weighted by molar-refractivity contribution is 0.0734. The third-order valence-electron chi connectivity index (χ3n) is 3.44. The number of hydrogen-bond donors (Lipinski definition) is 1. The Hall–Kier alpha value is -3.11. The van der Waals surface area contributed by atoms with E-state index in [-0.39, 0.29) is 0 Å². The molecule has 3 rings (SSSR count). The Balaban J connectivity index is 1.64. The van der Waals surface area contributed by atoms with Crippen molar-refractivity contribution in [2.45, 2.75) is 6.54 Å². The summed E-state index contributed by atoms with van der Waals surface area (Å²) in [6.07, 6.45) is 0. The molecule has 0 spiro atoms. The predicted octanol–water partition coefficient (Wildman–Crippen LogP) is 4.16. The standard InChI is InChI=1S/C20H17NO3/c21-14-15-6-8-16(9-7-15)20(22)24-19-12-10-18(11-13-19)23-17-4-2-1-3-5-17/h1-13H,14,21H2. The van der Waals surface area contributed by atoms with Gasteiger partial charge in [-0.25, -0.2) is 4.79 Å². The van der Waals surface area contributed by atoms with Crippen LogP contribution in [0.5, 0.6) is 17.2 Å². The second-order valence-corrected chi connectivity index (χ2v) is 5.18. The van der Waals surface area contributed by atoms with Gasteiger partial charge in [-0.3, -0.25) is 0 Å². The number of para-hydroxylation sites is 1. The summed E-state index contributed by atoms with van der Waals surface area (Å²) < 4.78 is 11.0. The topological polar surface area (TPSA) is 61.6 Å². The smallest absolute Gasteiger partial charge is 0.343 e. The highest BCUT2D eigenvalue weighted by Gasteiger charge is 2.08.